The smallest absolute Gasteiger partial charge is 0.357 e. The van der Waals surface area contributed by atoms with E-state index in [1.165, 1.54) is 13.1 Å². The largest absolute Gasteiger partial charge is 0.453 e. The molecular weight excluding hydrogens is 313 g/mol. The Kier molecular flexibility index (Phi) is 3.88. The van der Waals surface area contributed by atoms with E-state index >= 15 is 0 Å². The van der Waals surface area contributed by atoms with Crippen molar-refractivity contribution in [2.45, 2.75) is 18.0 Å². The maximum absolute atomic E-state index is 12.7. The number of nitrogens with zero attached hydrogens (tertiary/aromatic N) is 3. The number of hydrogen-bond acceptors (Lipinski definition) is 4. The van der Waals surface area contributed by atoms with Gasteiger partial charge in [-0.15, -0.1) is 17.7 Å². The number of halogens is 4. The third kappa shape index (κ3) is 2.71. The molecule has 1 heterocycles. The molecule has 0 amide bonds. The molecule has 0 aliphatic carbocycles. The van der Waals surface area contributed by atoms with Crippen LogP contribution in [0.2, 0.25) is 5.02 Å². The minimum absolute atomic E-state index is 0.0594. The van der Waals surface area contributed by atoms with Gasteiger partial charge in [0.05, 0.1) is 10.7 Å². The quantitative estimate of drug-likeness (QED) is 0.831. The Bertz CT molecular complexity index is 654. The summed E-state index contributed by atoms with van der Waals surface area (Å²) in [6, 6.07) is 3.14. The molecule has 1 aromatic heterocycles. The zero-order chi connectivity index (χ0) is 15.1. The van der Waals surface area contributed by atoms with Crippen LogP contribution in [0.15, 0.2) is 17.0 Å². The molecule has 0 spiro atoms. The monoisotopic (exact) mass is 322 g/mol. The molecule has 4 nitrogen and oxygen atoms in total. The lowest BCUT2D eigenvalue weighted by Gasteiger charge is -2.09. The highest BCUT2D eigenvalue weighted by Gasteiger charge is 2.37. The van der Waals surface area contributed by atoms with Gasteiger partial charge in [0.1, 0.15) is 0 Å². The van der Waals surface area contributed by atoms with E-state index in [1.807, 2.05) is 0 Å². The fourth-order valence-corrected chi connectivity index (χ4v) is 2.06. The van der Waals surface area contributed by atoms with Gasteiger partial charge in [-0.2, -0.15) is 22.8 Å². The topological polar surface area (TPSA) is 42.7 Å². The first kappa shape index (κ1) is 15.0. The van der Waals surface area contributed by atoms with Crippen molar-refractivity contribution in [3.63, 3.8) is 0 Å². The van der Waals surface area contributed by atoms with Crippen LogP contribution < -0.4 is 5.32 Å². The van der Waals surface area contributed by atoms with E-state index in [2.05, 4.69) is 28.0 Å². The van der Waals surface area contributed by atoms with Crippen LogP contribution in [0.5, 0.6) is 0 Å². The zero-order valence-corrected chi connectivity index (χ0v) is 12.1. The molecular formula is C11H10ClF3N4S. The van der Waals surface area contributed by atoms with Gasteiger partial charge in [0.15, 0.2) is 0 Å². The van der Waals surface area contributed by atoms with E-state index in [-0.39, 0.29) is 16.7 Å². The number of alkyl halides is 3. The van der Waals surface area contributed by atoms with Gasteiger partial charge >= 0.3 is 6.18 Å². The Morgan fingerprint density at radius 3 is 2.55 bits per heavy atom. The van der Waals surface area contributed by atoms with Crippen LogP contribution in [0.4, 0.5) is 19.1 Å². The molecule has 2 aromatic rings. The highest BCUT2D eigenvalue weighted by atomic mass is 35.5. The summed E-state index contributed by atoms with van der Waals surface area (Å²) >= 11 is 10.3. The van der Waals surface area contributed by atoms with Crippen LogP contribution in [-0.2, 0) is 6.18 Å². The highest BCUT2D eigenvalue weighted by molar-refractivity contribution is 7.80. The molecule has 108 valence electrons. The lowest BCUT2D eigenvalue weighted by Crippen LogP contribution is -2.09. The van der Waals surface area contributed by atoms with Gasteiger partial charge in [-0.3, -0.25) is 0 Å². The van der Waals surface area contributed by atoms with Crippen LogP contribution in [0.3, 0.4) is 0 Å². The average Bonchev–Trinajstić information content (AvgIpc) is 2.77. The fourth-order valence-electron chi connectivity index (χ4n) is 1.57. The van der Waals surface area contributed by atoms with Gasteiger partial charge in [-0.25, -0.2) is 0 Å². The van der Waals surface area contributed by atoms with E-state index in [4.69, 9.17) is 11.6 Å². The molecule has 2 rings (SSSR count). The SMILES string of the molecule is CNc1nc(C(F)(F)F)nn1-c1cc(S)c(C)cc1Cl. The van der Waals surface area contributed by atoms with Crippen molar-refractivity contribution in [2.75, 3.05) is 12.4 Å². The van der Waals surface area contributed by atoms with E-state index < -0.39 is 12.0 Å². The number of aromatic nitrogens is 3. The molecule has 0 saturated heterocycles. The van der Waals surface area contributed by atoms with Crippen molar-refractivity contribution >= 4 is 30.2 Å². The number of aryl methyl sites for hydroxylation is 1. The van der Waals surface area contributed by atoms with Gasteiger partial charge in [0.25, 0.3) is 5.82 Å². The number of hydrogen-bond donors (Lipinski definition) is 2. The van der Waals surface area contributed by atoms with Gasteiger partial charge in [-0.05, 0) is 24.6 Å². The van der Waals surface area contributed by atoms with Gasteiger partial charge in [0, 0.05) is 11.9 Å². The molecule has 1 aromatic carbocycles. The molecule has 0 unspecified atom stereocenters. The van der Waals surface area contributed by atoms with Crippen molar-refractivity contribution in [1.82, 2.24) is 14.8 Å². The van der Waals surface area contributed by atoms with Crippen LogP contribution in [0, 0.1) is 6.92 Å². The number of anilines is 1. The first-order valence-electron chi connectivity index (χ1n) is 5.45. The molecule has 1 N–H and O–H groups in total. The van der Waals surface area contributed by atoms with Gasteiger partial charge in [-0.1, -0.05) is 11.6 Å². The molecule has 0 radical (unpaired) electrons. The second kappa shape index (κ2) is 5.17. The fraction of sp³-hybridized carbons (Fsp3) is 0.273. The average molecular weight is 323 g/mol. The third-order valence-corrected chi connectivity index (χ3v) is 3.36. The van der Waals surface area contributed by atoms with Crippen molar-refractivity contribution < 1.29 is 13.2 Å². The van der Waals surface area contributed by atoms with Crippen LogP contribution in [0.1, 0.15) is 11.4 Å². The summed E-state index contributed by atoms with van der Waals surface area (Å²) in [5.74, 6) is -1.30. The van der Waals surface area contributed by atoms with Crippen LogP contribution in [0.25, 0.3) is 5.69 Å². The Labute approximate surface area is 123 Å². The van der Waals surface area contributed by atoms with E-state index in [9.17, 15) is 13.2 Å². The summed E-state index contributed by atoms with van der Waals surface area (Å²) < 4.78 is 39.0. The predicted molar refractivity (Wildman–Crippen MR) is 72.9 cm³/mol. The number of rotatable bonds is 2. The van der Waals surface area contributed by atoms with Crippen molar-refractivity contribution in [3.8, 4) is 5.69 Å². The first-order valence-corrected chi connectivity index (χ1v) is 6.28. The Balaban J connectivity index is 2.63. The molecule has 0 bridgehead atoms. The van der Waals surface area contributed by atoms with Crippen molar-refractivity contribution in [1.29, 1.82) is 0 Å². The highest BCUT2D eigenvalue weighted by Crippen LogP contribution is 2.31. The molecule has 0 aliphatic heterocycles. The number of benzene rings is 1. The molecule has 9 heteroatoms. The summed E-state index contributed by atoms with van der Waals surface area (Å²) in [7, 11) is 1.45. The van der Waals surface area contributed by atoms with E-state index in [1.54, 1.807) is 13.0 Å². The Morgan fingerprint density at radius 1 is 1.35 bits per heavy atom. The minimum atomic E-state index is -4.63. The molecule has 0 atom stereocenters. The van der Waals surface area contributed by atoms with Crippen molar-refractivity contribution in [2.24, 2.45) is 0 Å². The summed E-state index contributed by atoms with van der Waals surface area (Å²) in [5, 5.41) is 6.27. The summed E-state index contributed by atoms with van der Waals surface area (Å²) in [6.07, 6.45) is -4.63. The van der Waals surface area contributed by atoms with E-state index in [0.717, 1.165) is 10.2 Å². The minimum Gasteiger partial charge on any atom is -0.357 e. The molecule has 0 aliphatic rings. The Morgan fingerprint density at radius 2 is 2.00 bits per heavy atom. The number of nitrogens with one attached hydrogen (secondary N) is 1. The first-order chi connectivity index (χ1) is 9.24. The van der Waals surface area contributed by atoms with Gasteiger partial charge in [0.2, 0.25) is 5.95 Å². The van der Waals surface area contributed by atoms with Crippen molar-refractivity contribution in [3.05, 3.63) is 28.5 Å². The molecule has 0 saturated carbocycles. The lowest BCUT2D eigenvalue weighted by atomic mass is 10.2. The predicted octanol–water partition coefficient (Wildman–Crippen LogP) is 3.58. The maximum Gasteiger partial charge on any atom is 0.453 e. The number of thiol groups is 1. The molecule has 20 heavy (non-hydrogen) atoms. The van der Waals surface area contributed by atoms with Crippen LogP contribution in [-0.4, -0.2) is 21.8 Å². The molecule has 0 fully saturated rings. The zero-order valence-electron chi connectivity index (χ0n) is 10.5. The van der Waals surface area contributed by atoms with Crippen LogP contribution >= 0.6 is 24.2 Å². The van der Waals surface area contributed by atoms with E-state index in [0.29, 0.717) is 4.90 Å². The summed E-state index contributed by atoms with van der Waals surface area (Å²) in [5.41, 5.74) is 1.08. The summed E-state index contributed by atoms with van der Waals surface area (Å²) in [6.45, 7) is 1.79. The lowest BCUT2D eigenvalue weighted by molar-refractivity contribution is -0.144. The normalized spacial score (nSPS) is 11.8. The maximum atomic E-state index is 12.7. The standard InChI is InChI=1S/C11H10ClF3N4S/c1-5-3-6(12)7(4-8(5)20)19-10(16-2)17-9(18-19)11(13,14)15/h3-4,20H,1-2H3,(H,16,17,18). The Hall–Kier alpha value is -1.41. The summed E-state index contributed by atoms with van der Waals surface area (Å²) in [4.78, 5) is 3.99. The second-order valence-electron chi connectivity index (χ2n) is 4.01. The van der Waals surface area contributed by atoms with Gasteiger partial charge < -0.3 is 5.32 Å². The second-order valence-corrected chi connectivity index (χ2v) is 4.90. The third-order valence-electron chi connectivity index (χ3n) is 2.58.